The number of nitrogens with zero attached hydrogens (tertiary/aromatic N) is 2. The van der Waals surface area contributed by atoms with Gasteiger partial charge in [-0.15, -0.1) is 0 Å². The van der Waals surface area contributed by atoms with Gasteiger partial charge in [-0.2, -0.15) is 0 Å². The molecule has 0 spiro atoms. The zero-order valence-electron chi connectivity index (χ0n) is 13.7. The highest BCUT2D eigenvalue weighted by Crippen LogP contribution is 2.32. The maximum Gasteiger partial charge on any atom is 0.197 e. The lowest BCUT2D eigenvalue weighted by Crippen LogP contribution is -2.61. The van der Waals surface area contributed by atoms with Crippen LogP contribution in [0.15, 0.2) is 64.9 Å². The average molecular weight is 342 g/mol. The van der Waals surface area contributed by atoms with Crippen LogP contribution < -0.4 is 16.4 Å². The van der Waals surface area contributed by atoms with Crippen LogP contribution in [-0.4, -0.2) is 10.9 Å². The Hall–Kier alpha value is -2.37. The Kier molecular flexibility index (Phi) is 4.55. The molecule has 1 aliphatic heterocycles. The number of halogens is 1. The largest absolute Gasteiger partial charge is 0.331 e. The van der Waals surface area contributed by atoms with E-state index in [0.717, 1.165) is 22.5 Å². The van der Waals surface area contributed by atoms with Gasteiger partial charge >= 0.3 is 0 Å². The summed E-state index contributed by atoms with van der Waals surface area (Å²) in [4.78, 5) is 8.84. The third-order valence-electron chi connectivity index (χ3n) is 4.20. The minimum Gasteiger partial charge on any atom is -0.331 e. The molecular weight excluding hydrogens is 322 g/mol. The molecule has 0 fully saturated rings. The van der Waals surface area contributed by atoms with Crippen molar-refractivity contribution in [3.8, 4) is 0 Å². The molecule has 1 unspecified atom stereocenters. The molecule has 3 rings (SSSR count). The average Bonchev–Trinajstić information content (AvgIpc) is 2.59. The predicted octanol–water partition coefficient (Wildman–Crippen LogP) is 2.89. The van der Waals surface area contributed by atoms with E-state index in [2.05, 4.69) is 20.6 Å². The quantitative estimate of drug-likeness (QED) is 0.802. The van der Waals surface area contributed by atoms with Crippen molar-refractivity contribution in [2.24, 2.45) is 10.7 Å². The SMILES string of the molecule is CC1=C(C)C(N)(c2ccccc2Cl)NC(=NCc2ccccn2)N1. The van der Waals surface area contributed by atoms with E-state index in [9.17, 15) is 0 Å². The topological polar surface area (TPSA) is 75.3 Å². The summed E-state index contributed by atoms with van der Waals surface area (Å²) in [7, 11) is 0. The van der Waals surface area contributed by atoms with E-state index in [4.69, 9.17) is 17.3 Å². The van der Waals surface area contributed by atoms with Crippen LogP contribution in [0.1, 0.15) is 25.1 Å². The van der Waals surface area contributed by atoms with Gasteiger partial charge in [0.1, 0.15) is 5.66 Å². The fraction of sp³-hybridized carbons (Fsp3) is 0.222. The van der Waals surface area contributed by atoms with Crippen molar-refractivity contribution < 1.29 is 0 Å². The lowest BCUT2D eigenvalue weighted by molar-refractivity contribution is 0.457. The molecule has 2 heterocycles. The number of hydrogen-bond acceptors (Lipinski definition) is 3. The number of rotatable bonds is 3. The monoisotopic (exact) mass is 341 g/mol. The van der Waals surface area contributed by atoms with Crippen LogP contribution in [0.3, 0.4) is 0 Å². The third-order valence-corrected chi connectivity index (χ3v) is 4.53. The summed E-state index contributed by atoms with van der Waals surface area (Å²) in [6.07, 6.45) is 1.75. The van der Waals surface area contributed by atoms with Gasteiger partial charge in [0.15, 0.2) is 5.96 Å². The van der Waals surface area contributed by atoms with E-state index in [-0.39, 0.29) is 0 Å². The molecule has 0 radical (unpaired) electrons. The van der Waals surface area contributed by atoms with E-state index in [1.807, 2.05) is 56.3 Å². The molecule has 1 aromatic heterocycles. The molecular formula is C18H20ClN5. The molecule has 1 aromatic carbocycles. The van der Waals surface area contributed by atoms with E-state index in [0.29, 0.717) is 17.5 Å². The lowest BCUT2D eigenvalue weighted by atomic mass is 9.90. The van der Waals surface area contributed by atoms with E-state index < -0.39 is 5.66 Å². The molecule has 124 valence electrons. The Morgan fingerprint density at radius 2 is 1.92 bits per heavy atom. The third kappa shape index (κ3) is 3.13. The minimum absolute atomic E-state index is 0.459. The van der Waals surface area contributed by atoms with E-state index in [1.165, 1.54) is 0 Å². The summed E-state index contributed by atoms with van der Waals surface area (Å²) in [5, 5.41) is 7.15. The molecule has 0 bridgehead atoms. The zero-order chi connectivity index (χ0) is 17.2. The summed E-state index contributed by atoms with van der Waals surface area (Å²) in [5.74, 6) is 0.603. The molecule has 5 nitrogen and oxygen atoms in total. The highest BCUT2D eigenvalue weighted by molar-refractivity contribution is 6.31. The Bertz CT molecular complexity index is 800. The van der Waals surface area contributed by atoms with Gasteiger partial charge in [-0.1, -0.05) is 35.9 Å². The number of aromatic nitrogens is 1. The molecule has 0 saturated carbocycles. The Morgan fingerprint density at radius 1 is 1.17 bits per heavy atom. The summed E-state index contributed by atoms with van der Waals surface area (Å²) in [6, 6.07) is 13.3. The van der Waals surface area contributed by atoms with Crippen LogP contribution in [-0.2, 0) is 12.2 Å². The van der Waals surface area contributed by atoms with Crippen LogP contribution in [0, 0.1) is 0 Å². The number of aliphatic imine (C=N–C) groups is 1. The second-order valence-corrected chi connectivity index (χ2v) is 6.18. The van der Waals surface area contributed by atoms with Gasteiger partial charge in [-0.25, -0.2) is 4.99 Å². The Balaban J connectivity index is 1.93. The zero-order valence-corrected chi connectivity index (χ0v) is 14.4. The van der Waals surface area contributed by atoms with Gasteiger partial charge in [0.2, 0.25) is 0 Å². The maximum absolute atomic E-state index is 6.68. The highest BCUT2D eigenvalue weighted by Gasteiger charge is 2.36. The van der Waals surface area contributed by atoms with Crippen molar-refractivity contribution in [2.45, 2.75) is 26.1 Å². The van der Waals surface area contributed by atoms with Crippen molar-refractivity contribution in [1.29, 1.82) is 0 Å². The summed E-state index contributed by atoms with van der Waals surface area (Å²) < 4.78 is 0. The molecule has 1 atom stereocenters. The second-order valence-electron chi connectivity index (χ2n) is 5.77. The molecule has 4 N–H and O–H groups in total. The number of benzene rings is 1. The van der Waals surface area contributed by atoms with Gasteiger partial charge in [0.05, 0.1) is 12.2 Å². The van der Waals surface area contributed by atoms with Crippen LogP contribution in [0.25, 0.3) is 0 Å². The van der Waals surface area contributed by atoms with Gasteiger partial charge < -0.3 is 16.4 Å². The molecule has 0 aliphatic carbocycles. The van der Waals surface area contributed by atoms with Gasteiger partial charge in [0, 0.05) is 22.5 Å². The maximum atomic E-state index is 6.68. The normalized spacial score (nSPS) is 22.2. The molecule has 24 heavy (non-hydrogen) atoms. The van der Waals surface area contributed by atoms with Crippen molar-refractivity contribution in [2.75, 3.05) is 0 Å². The van der Waals surface area contributed by atoms with Crippen LogP contribution in [0.5, 0.6) is 0 Å². The Morgan fingerprint density at radius 3 is 2.62 bits per heavy atom. The molecule has 6 heteroatoms. The smallest absolute Gasteiger partial charge is 0.197 e. The number of hydrogen-bond donors (Lipinski definition) is 3. The van der Waals surface area contributed by atoms with Crippen molar-refractivity contribution in [3.63, 3.8) is 0 Å². The number of nitrogens with one attached hydrogen (secondary N) is 2. The van der Waals surface area contributed by atoms with E-state index in [1.54, 1.807) is 6.20 Å². The van der Waals surface area contributed by atoms with Crippen LogP contribution >= 0.6 is 11.6 Å². The van der Waals surface area contributed by atoms with Crippen LogP contribution in [0.4, 0.5) is 0 Å². The summed E-state index contributed by atoms with van der Waals surface area (Å²) >= 11 is 6.37. The fourth-order valence-electron chi connectivity index (χ4n) is 2.66. The van der Waals surface area contributed by atoms with Gasteiger partial charge in [-0.3, -0.25) is 4.98 Å². The first-order valence-electron chi connectivity index (χ1n) is 7.72. The highest BCUT2D eigenvalue weighted by atomic mass is 35.5. The second kappa shape index (κ2) is 6.63. The summed E-state index contributed by atoms with van der Waals surface area (Å²) in [5.41, 5.74) is 9.40. The first kappa shape index (κ1) is 16.5. The first-order valence-corrected chi connectivity index (χ1v) is 8.10. The fourth-order valence-corrected chi connectivity index (χ4v) is 2.94. The first-order chi connectivity index (χ1) is 11.5. The van der Waals surface area contributed by atoms with Crippen LogP contribution in [0.2, 0.25) is 5.02 Å². The number of guanidine groups is 1. The number of nitrogens with two attached hydrogens (primary N) is 1. The lowest BCUT2D eigenvalue weighted by Gasteiger charge is -2.39. The summed E-state index contributed by atoms with van der Waals surface area (Å²) in [6.45, 7) is 4.42. The van der Waals surface area contributed by atoms with Gasteiger partial charge in [-0.05, 0) is 37.6 Å². The standard InChI is InChI=1S/C18H20ClN5/c1-12-13(2)23-17(22-11-14-7-5-6-10-21-14)24-18(12,20)15-8-3-4-9-16(15)19/h3-10H,11,20H2,1-2H3,(H2,22,23,24). The molecule has 0 saturated heterocycles. The number of allylic oxidation sites excluding steroid dienone is 1. The molecule has 0 amide bonds. The van der Waals surface area contributed by atoms with Crippen molar-refractivity contribution >= 4 is 17.6 Å². The Labute approximate surface area is 146 Å². The predicted molar refractivity (Wildman–Crippen MR) is 97.3 cm³/mol. The number of pyridine rings is 1. The molecule has 2 aromatic rings. The molecule has 1 aliphatic rings. The van der Waals surface area contributed by atoms with Gasteiger partial charge in [0.25, 0.3) is 0 Å². The minimum atomic E-state index is -0.906. The van der Waals surface area contributed by atoms with Crippen molar-refractivity contribution in [3.05, 3.63) is 76.2 Å². The van der Waals surface area contributed by atoms with E-state index >= 15 is 0 Å². The van der Waals surface area contributed by atoms with Crippen molar-refractivity contribution in [1.82, 2.24) is 15.6 Å².